The van der Waals surface area contributed by atoms with Gasteiger partial charge in [0.2, 0.25) is 5.91 Å². The lowest BCUT2D eigenvalue weighted by molar-refractivity contribution is -0.178. The van der Waals surface area contributed by atoms with Gasteiger partial charge in [-0.2, -0.15) is 0 Å². The maximum Gasteiger partial charge on any atom is 0.229 e. The van der Waals surface area contributed by atoms with E-state index >= 15 is 0 Å². The summed E-state index contributed by atoms with van der Waals surface area (Å²) in [6.07, 6.45) is 7.23. The van der Waals surface area contributed by atoms with Crippen LogP contribution in [0.25, 0.3) is 0 Å². The fourth-order valence-corrected chi connectivity index (χ4v) is 7.38. The van der Waals surface area contributed by atoms with Gasteiger partial charge in [-0.15, -0.1) is 0 Å². The van der Waals surface area contributed by atoms with Crippen LogP contribution in [-0.4, -0.2) is 30.6 Å². The molecule has 1 aromatic rings. The van der Waals surface area contributed by atoms with Gasteiger partial charge in [-0.1, -0.05) is 44.2 Å². The van der Waals surface area contributed by atoms with Crippen molar-refractivity contribution in [3.05, 3.63) is 35.9 Å². The van der Waals surface area contributed by atoms with Crippen molar-refractivity contribution < 1.29 is 9.53 Å². The monoisotopic (exact) mass is 367 g/mol. The summed E-state index contributed by atoms with van der Waals surface area (Å²) in [6, 6.07) is 10.9. The minimum absolute atomic E-state index is 0.112. The fraction of sp³-hybridized carbons (Fsp3) is 0.708. The highest BCUT2D eigenvalue weighted by Gasteiger charge is 2.60. The van der Waals surface area contributed by atoms with Crippen LogP contribution in [0.15, 0.2) is 30.3 Å². The first-order chi connectivity index (χ1) is 12.9. The summed E-state index contributed by atoms with van der Waals surface area (Å²) < 4.78 is 5.88. The molecule has 0 radical (unpaired) electrons. The number of likely N-dealkylation sites (tertiary alicyclic amines) is 1. The van der Waals surface area contributed by atoms with Gasteiger partial charge in [0.05, 0.1) is 17.6 Å². The molecule has 3 nitrogen and oxygen atoms in total. The molecule has 6 rings (SSSR count). The number of nitrogens with zero attached hydrogens (tertiary/aromatic N) is 1. The zero-order valence-corrected chi connectivity index (χ0v) is 17.0. The van der Waals surface area contributed by atoms with E-state index in [0.29, 0.717) is 23.8 Å². The smallest absolute Gasteiger partial charge is 0.229 e. The van der Waals surface area contributed by atoms with Crippen molar-refractivity contribution in [2.45, 2.75) is 64.5 Å². The number of ether oxygens (including phenoxy) is 1. The Morgan fingerprint density at radius 1 is 1.04 bits per heavy atom. The first-order valence-electron chi connectivity index (χ1n) is 10.8. The summed E-state index contributed by atoms with van der Waals surface area (Å²) in [5.41, 5.74) is 1.38. The SMILES string of the molecule is COC1C2CC3CC1CC(C(=O)N1CC(C)(C)CC1c1ccccc1)(C3)C2. The number of carbonyl (C=O) groups excluding carboxylic acids is 1. The number of amides is 1. The molecule has 146 valence electrons. The van der Waals surface area contributed by atoms with Gasteiger partial charge in [0, 0.05) is 13.7 Å². The van der Waals surface area contributed by atoms with Crippen LogP contribution in [0.2, 0.25) is 0 Å². The first kappa shape index (κ1) is 17.7. The lowest BCUT2D eigenvalue weighted by Crippen LogP contribution is -2.59. The predicted molar refractivity (Wildman–Crippen MR) is 106 cm³/mol. The molecule has 1 aromatic carbocycles. The molecule has 3 atom stereocenters. The third-order valence-corrected chi connectivity index (χ3v) is 8.08. The summed E-state index contributed by atoms with van der Waals surface area (Å²) in [5.74, 6) is 2.38. The highest BCUT2D eigenvalue weighted by Crippen LogP contribution is 2.62. The molecule has 0 N–H and O–H groups in total. The molecule has 3 unspecified atom stereocenters. The number of methoxy groups -OCH3 is 1. The standard InChI is InChI=1S/C24H33NO2/c1-23(2)14-20(17-7-5-4-6-8-17)25(15-23)22(26)24-11-16-9-18(12-24)21(27-3)19(10-16)13-24/h4-8,16,18-21H,9-15H2,1-3H3. The molecule has 1 aliphatic heterocycles. The zero-order valence-electron chi connectivity index (χ0n) is 17.0. The number of carbonyl (C=O) groups is 1. The third-order valence-electron chi connectivity index (χ3n) is 8.08. The lowest BCUT2D eigenvalue weighted by Gasteiger charge is -2.59. The van der Waals surface area contributed by atoms with E-state index in [-0.39, 0.29) is 16.9 Å². The summed E-state index contributed by atoms with van der Waals surface area (Å²) in [7, 11) is 1.87. The number of rotatable bonds is 3. The van der Waals surface area contributed by atoms with Crippen molar-refractivity contribution in [3.63, 3.8) is 0 Å². The number of benzene rings is 1. The molecule has 0 spiro atoms. The Balaban J connectivity index is 1.46. The van der Waals surface area contributed by atoms with Crippen LogP contribution in [-0.2, 0) is 9.53 Å². The Labute approximate surface area is 163 Å². The summed E-state index contributed by atoms with van der Waals surface area (Å²) in [5, 5.41) is 0. The number of hydrogen-bond donors (Lipinski definition) is 0. The van der Waals surface area contributed by atoms with Gasteiger partial charge in [-0.05, 0) is 67.3 Å². The molecule has 5 fully saturated rings. The summed E-state index contributed by atoms with van der Waals surface area (Å²) in [4.78, 5) is 16.3. The molecule has 4 bridgehead atoms. The fourth-order valence-electron chi connectivity index (χ4n) is 7.38. The van der Waals surface area contributed by atoms with Crippen LogP contribution in [0.4, 0.5) is 0 Å². The van der Waals surface area contributed by atoms with E-state index < -0.39 is 0 Å². The molecule has 4 aliphatic carbocycles. The van der Waals surface area contributed by atoms with Gasteiger partial charge in [-0.25, -0.2) is 0 Å². The summed E-state index contributed by atoms with van der Waals surface area (Å²) in [6.45, 7) is 5.52. The zero-order chi connectivity index (χ0) is 18.8. The molecular weight excluding hydrogens is 334 g/mol. The average Bonchev–Trinajstić information content (AvgIpc) is 2.97. The van der Waals surface area contributed by atoms with Crippen molar-refractivity contribution in [2.24, 2.45) is 28.6 Å². The van der Waals surface area contributed by atoms with Gasteiger partial charge in [-0.3, -0.25) is 4.79 Å². The van der Waals surface area contributed by atoms with E-state index in [1.165, 1.54) is 18.4 Å². The Bertz CT molecular complexity index is 711. The minimum Gasteiger partial charge on any atom is -0.381 e. The van der Waals surface area contributed by atoms with Crippen LogP contribution in [0, 0.1) is 28.6 Å². The molecule has 3 heteroatoms. The van der Waals surface area contributed by atoms with Gasteiger partial charge >= 0.3 is 0 Å². The average molecular weight is 368 g/mol. The van der Waals surface area contributed by atoms with E-state index in [4.69, 9.17) is 4.74 Å². The normalized spacial score (nSPS) is 41.9. The minimum atomic E-state index is -0.112. The van der Waals surface area contributed by atoms with Crippen molar-refractivity contribution in [2.75, 3.05) is 13.7 Å². The maximum absolute atomic E-state index is 14.1. The quantitative estimate of drug-likeness (QED) is 0.766. The van der Waals surface area contributed by atoms with E-state index in [2.05, 4.69) is 49.1 Å². The second-order valence-electron chi connectivity index (χ2n) is 10.7. The molecule has 1 amide bonds. The second kappa shape index (κ2) is 6.07. The maximum atomic E-state index is 14.1. The van der Waals surface area contributed by atoms with Crippen LogP contribution in [0.3, 0.4) is 0 Å². The Morgan fingerprint density at radius 3 is 2.33 bits per heavy atom. The number of hydrogen-bond acceptors (Lipinski definition) is 2. The van der Waals surface area contributed by atoms with E-state index in [0.717, 1.165) is 38.1 Å². The van der Waals surface area contributed by atoms with Crippen molar-refractivity contribution >= 4 is 5.91 Å². The molecule has 1 heterocycles. The molecule has 5 aliphatic rings. The molecule has 27 heavy (non-hydrogen) atoms. The van der Waals surface area contributed by atoms with Crippen molar-refractivity contribution in [1.82, 2.24) is 4.90 Å². The third kappa shape index (κ3) is 2.76. The van der Waals surface area contributed by atoms with Gasteiger partial charge in [0.25, 0.3) is 0 Å². The highest BCUT2D eigenvalue weighted by molar-refractivity contribution is 5.84. The Kier molecular flexibility index (Phi) is 3.99. The van der Waals surface area contributed by atoms with Crippen LogP contribution in [0.5, 0.6) is 0 Å². The molecule has 4 saturated carbocycles. The predicted octanol–water partition coefficient (Wildman–Crippen LogP) is 4.83. The van der Waals surface area contributed by atoms with E-state index in [9.17, 15) is 4.79 Å². The topological polar surface area (TPSA) is 29.5 Å². The lowest BCUT2D eigenvalue weighted by atomic mass is 9.48. The Morgan fingerprint density at radius 2 is 1.70 bits per heavy atom. The highest BCUT2D eigenvalue weighted by atomic mass is 16.5. The van der Waals surface area contributed by atoms with Gasteiger partial charge in [0.15, 0.2) is 0 Å². The summed E-state index contributed by atoms with van der Waals surface area (Å²) >= 11 is 0. The van der Waals surface area contributed by atoms with E-state index in [1.54, 1.807) is 0 Å². The van der Waals surface area contributed by atoms with Gasteiger partial charge < -0.3 is 9.64 Å². The molecule has 0 aromatic heterocycles. The van der Waals surface area contributed by atoms with Crippen LogP contribution < -0.4 is 0 Å². The largest absolute Gasteiger partial charge is 0.381 e. The van der Waals surface area contributed by atoms with Crippen LogP contribution >= 0.6 is 0 Å². The Hall–Kier alpha value is -1.35. The van der Waals surface area contributed by atoms with Crippen LogP contribution in [0.1, 0.15) is 64.0 Å². The molecular formula is C24H33NO2. The molecule has 1 saturated heterocycles. The van der Waals surface area contributed by atoms with Crippen molar-refractivity contribution in [1.29, 1.82) is 0 Å². The second-order valence-corrected chi connectivity index (χ2v) is 10.7. The first-order valence-corrected chi connectivity index (χ1v) is 10.8. The van der Waals surface area contributed by atoms with E-state index in [1.807, 2.05) is 7.11 Å². The van der Waals surface area contributed by atoms with Gasteiger partial charge in [0.1, 0.15) is 0 Å². The van der Waals surface area contributed by atoms with Crippen molar-refractivity contribution in [3.8, 4) is 0 Å².